The predicted octanol–water partition coefficient (Wildman–Crippen LogP) is 0.373. The van der Waals surface area contributed by atoms with Crippen LogP contribution >= 0.6 is 0 Å². The molecule has 0 radical (unpaired) electrons. The van der Waals surface area contributed by atoms with E-state index in [2.05, 4.69) is 10.7 Å². The van der Waals surface area contributed by atoms with Gasteiger partial charge in [-0.3, -0.25) is 15.0 Å². The number of methoxy groups -OCH3 is 1. The molecule has 1 saturated carbocycles. The highest BCUT2D eigenvalue weighted by atomic mass is 32.2. The number of sulfonamides is 1. The zero-order valence-electron chi connectivity index (χ0n) is 12.2. The molecule has 1 aromatic carbocycles. The minimum absolute atomic E-state index is 0.0884. The smallest absolute Gasteiger partial charge is 0.257 e. The third-order valence-corrected chi connectivity index (χ3v) is 4.30. The van der Waals surface area contributed by atoms with Crippen molar-refractivity contribution in [2.45, 2.75) is 24.7 Å². The van der Waals surface area contributed by atoms with Gasteiger partial charge < -0.3 is 10.1 Å². The van der Waals surface area contributed by atoms with E-state index in [1.165, 1.54) is 32.2 Å². The van der Waals surface area contributed by atoms with E-state index in [9.17, 15) is 18.0 Å². The molecular formula is C13H17N3O5S. The molecular weight excluding hydrogens is 310 g/mol. The van der Waals surface area contributed by atoms with Gasteiger partial charge in [0.05, 0.1) is 17.7 Å². The molecule has 8 nitrogen and oxygen atoms in total. The summed E-state index contributed by atoms with van der Waals surface area (Å²) in [7, 11) is -2.55. The fourth-order valence-electron chi connectivity index (χ4n) is 1.76. The molecule has 22 heavy (non-hydrogen) atoms. The van der Waals surface area contributed by atoms with Crippen LogP contribution in [0.15, 0.2) is 23.1 Å². The molecule has 0 saturated heterocycles. The van der Waals surface area contributed by atoms with Crippen LogP contribution in [0.5, 0.6) is 5.75 Å². The molecule has 0 spiro atoms. The van der Waals surface area contributed by atoms with Gasteiger partial charge in [-0.15, -0.1) is 4.83 Å². The molecule has 1 aromatic rings. The lowest BCUT2D eigenvalue weighted by Gasteiger charge is -2.12. The van der Waals surface area contributed by atoms with Gasteiger partial charge in [0.2, 0.25) is 11.8 Å². The predicted molar refractivity (Wildman–Crippen MR) is 78.5 cm³/mol. The van der Waals surface area contributed by atoms with Gasteiger partial charge in [0.15, 0.2) is 0 Å². The molecule has 1 aliphatic carbocycles. The van der Waals surface area contributed by atoms with Gasteiger partial charge in [0, 0.05) is 18.9 Å². The lowest BCUT2D eigenvalue weighted by atomic mass is 10.3. The number of hydrogen-bond acceptors (Lipinski definition) is 5. The summed E-state index contributed by atoms with van der Waals surface area (Å²) in [4.78, 5) is 24.5. The summed E-state index contributed by atoms with van der Waals surface area (Å²) in [6.45, 7) is 1.33. The second-order valence-electron chi connectivity index (χ2n) is 4.91. The lowest BCUT2D eigenvalue weighted by molar-refractivity contribution is -0.122. The highest BCUT2D eigenvalue weighted by Crippen LogP contribution is 2.29. The SMILES string of the molecule is COc1cc(S(=O)(=O)NNC(=O)C2CC2)ccc1NC(C)=O. The summed E-state index contributed by atoms with van der Waals surface area (Å²) in [5.41, 5.74) is 2.54. The van der Waals surface area contributed by atoms with Gasteiger partial charge in [-0.05, 0) is 25.0 Å². The Bertz CT molecular complexity index is 698. The van der Waals surface area contributed by atoms with Crippen LogP contribution in [0.3, 0.4) is 0 Å². The van der Waals surface area contributed by atoms with Gasteiger partial charge in [-0.1, -0.05) is 0 Å². The largest absolute Gasteiger partial charge is 0.495 e. The Kier molecular flexibility index (Phi) is 4.67. The monoisotopic (exact) mass is 327 g/mol. The first-order chi connectivity index (χ1) is 10.3. The maximum Gasteiger partial charge on any atom is 0.257 e. The van der Waals surface area contributed by atoms with E-state index in [1.807, 2.05) is 4.83 Å². The van der Waals surface area contributed by atoms with Crippen molar-refractivity contribution in [3.8, 4) is 5.75 Å². The van der Waals surface area contributed by atoms with Gasteiger partial charge in [-0.2, -0.15) is 0 Å². The number of hydrogen-bond donors (Lipinski definition) is 3. The van der Waals surface area contributed by atoms with Crippen molar-refractivity contribution in [2.24, 2.45) is 5.92 Å². The Hall–Kier alpha value is -2.13. The molecule has 3 N–H and O–H groups in total. The van der Waals surface area contributed by atoms with Crippen LogP contribution in [-0.4, -0.2) is 27.3 Å². The summed E-state index contributed by atoms with van der Waals surface area (Å²) in [5, 5.41) is 2.53. The molecule has 0 heterocycles. The van der Waals surface area contributed by atoms with Crippen LogP contribution in [0, 0.1) is 5.92 Å². The zero-order chi connectivity index (χ0) is 16.3. The highest BCUT2D eigenvalue weighted by molar-refractivity contribution is 7.89. The van der Waals surface area contributed by atoms with Crippen LogP contribution in [0.4, 0.5) is 5.69 Å². The first kappa shape index (κ1) is 16.2. The van der Waals surface area contributed by atoms with E-state index >= 15 is 0 Å². The van der Waals surface area contributed by atoms with Crippen molar-refractivity contribution in [1.29, 1.82) is 0 Å². The second kappa shape index (κ2) is 6.32. The molecule has 1 fully saturated rings. The third-order valence-electron chi connectivity index (χ3n) is 3.05. The van der Waals surface area contributed by atoms with Gasteiger partial charge in [0.25, 0.3) is 10.0 Å². The average Bonchev–Trinajstić information content (AvgIpc) is 3.29. The minimum Gasteiger partial charge on any atom is -0.495 e. The summed E-state index contributed by atoms with van der Waals surface area (Å²) >= 11 is 0. The van der Waals surface area contributed by atoms with E-state index in [0.29, 0.717) is 5.69 Å². The number of ether oxygens (including phenoxy) is 1. The molecule has 0 aromatic heterocycles. The molecule has 0 unspecified atom stereocenters. The van der Waals surface area contributed by atoms with Crippen molar-refractivity contribution >= 4 is 27.5 Å². The highest BCUT2D eigenvalue weighted by Gasteiger charge is 2.30. The van der Waals surface area contributed by atoms with Crippen LogP contribution in [0.25, 0.3) is 0 Å². The van der Waals surface area contributed by atoms with Crippen molar-refractivity contribution in [2.75, 3.05) is 12.4 Å². The zero-order valence-corrected chi connectivity index (χ0v) is 13.0. The quantitative estimate of drug-likeness (QED) is 0.653. The summed E-state index contributed by atoms with van der Waals surface area (Å²) < 4.78 is 29.3. The lowest BCUT2D eigenvalue weighted by Crippen LogP contribution is -2.42. The van der Waals surface area contributed by atoms with E-state index in [4.69, 9.17) is 4.74 Å². The van der Waals surface area contributed by atoms with Crippen molar-refractivity contribution in [3.63, 3.8) is 0 Å². The number of anilines is 1. The number of hydrazine groups is 1. The number of carbonyl (C=O) groups is 2. The number of nitrogens with one attached hydrogen (secondary N) is 3. The summed E-state index contributed by atoms with van der Waals surface area (Å²) in [5.74, 6) is -0.555. The normalized spacial score (nSPS) is 14.3. The molecule has 0 bridgehead atoms. The van der Waals surface area contributed by atoms with Crippen LogP contribution in [0.1, 0.15) is 19.8 Å². The Morgan fingerprint density at radius 1 is 1.27 bits per heavy atom. The van der Waals surface area contributed by atoms with E-state index in [-0.39, 0.29) is 28.4 Å². The van der Waals surface area contributed by atoms with Gasteiger partial charge >= 0.3 is 0 Å². The Labute approximate surface area is 128 Å². The maximum atomic E-state index is 12.1. The van der Waals surface area contributed by atoms with Crippen molar-refractivity contribution in [3.05, 3.63) is 18.2 Å². The van der Waals surface area contributed by atoms with Crippen molar-refractivity contribution < 1.29 is 22.7 Å². The Morgan fingerprint density at radius 2 is 1.95 bits per heavy atom. The van der Waals surface area contributed by atoms with Crippen LogP contribution in [-0.2, 0) is 19.6 Å². The molecule has 9 heteroatoms. The summed E-state index contributed by atoms with van der Waals surface area (Å²) in [6.07, 6.45) is 1.54. The van der Waals surface area contributed by atoms with E-state index < -0.39 is 10.0 Å². The van der Waals surface area contributed by atoms with Crippen molar-refractivity contribution in [1.82, 2.24) is 10.3 Å². The number of benzene rings is 1. The van der Waals surface area contributed by atoms with Crippen LogP contribution < -0.4 is 20.3 Å². The molecule has 2 amide bonds. The number of carbonyl (C=O) groups excluding carboxylic acids is 2. The van der Waals surface area contributed by atoms with Gasteiger partial charge in [-0.25, -0.2) is 8.42 Å². The fraction of sp³-hybridized carbons (Fsp3) is 0.385. The minimum atomic E-state index is -3.91. The third kappa shape index (κ3) is 3.95. The second-order valence-corrected chi connectivity index (χ2v) is 6.59. The number of amides is 2. The van der Waals surface area contributed by atoms with E-state index in [1.54, 1.807) is 0 Å². The standard InChI is InChI=1S/C13H17N3O5S/c1-8(17)14-11-6-5-10(7-12(11)21-2)22(19,20)16-15-13(18)9-3-4-9/h5-7,9,16H,3-4H2,1-2H3,(H,14,17)(H,15,18). The Balaban J connectivity index is 2.15. The van der Waals surface area contributed by atoms with Gasteiger partial charge in [0.1, 0.15) is 5.75 Å². The molecule has 2 rings (SSSR count). The average molecular weight is 327 g/mol. The fourth-order valence-corrected chi connectivity index (χ4v) is 2.62. The maximum absolute atomic E-state index is 12.1. The first-order valence-electron chi connectivity index (χ1n) is 6.61. The molecule has 1 aliphatic rings. The molecule has 120 valence electrons. The van der Waals surface area contributed by atoms with Crippen LogP contribution in [0.2, 0.25) is 0 Å². The molecule has 0 atom stereocenters. The Morgan fingerprint density at radius 3 is 2.50 bits per heavy atom. The summed E-state index contributed by atoms with van der Waals surface area (Å²) in [6, 6.07) is 3.98. The molecule has 0 aliphatic heterocycles. The van der Waals surface area contributed by atoms with E-state index in [0.717, 1.165) is 12.8 Å². The number of rotatable bonds is 6. The first-order valence-corrected chi connectivity index (χ1v) is 8.09. The topological polar surface area (TPSA) is 114 Å².